The van der Waals surface area contributed by atoms with Crippen LogP contribution in [0.2, 0.25) is 0 Å². The predicted octanol–water partition coefficient (Wildman–Crippen LogP) is 3.46. The van der Waals surface area contributed by atoms with Gasteiger partial charge < -0.3 is 4.42 Å². The molecule has 0 N–H and O–H groups in total. The number of rotatable bonds is 3. The van der Waals surface area contributed by atoms with Crippen LogP contribution in [0.15, 0.2) is 47.1 Å². The third-order valence-electron chi connectivity index (χ3n) is 2.45. The van der Waals surface area contributed by atoms with E-state index >= 15 is 0 Å². The van der Waals surface area contributed by atoms with E-state index < -0.39 is 0 Å². The zero-order valence-corrected chi connectivity index (χ0v) is 8.56. The van der Waals surface area contributed by atoms with Gasteiger partial charge in [-0.1, -0.05) is 12.1 Å². The molecular formula is C13H10FNO. The van der Waals surface area contributed by atoms with Crippen LogP contribution in [0, 0.1) is 17.1 Å². The normalized spacial score (nSPS) is 12.0. The SMILES string of the molecule is N#CC[C@H](c1ccc(F)cc1)c1ccco1. The average molecular weight is 215 g/mol. The summed E-state index contributed by atoms with van der Waals surface area (Å²) in [6.07, 6.45) is 1.89. The minimum absolute atomic E-state index is 0.124. The van der Waals surface area contributed by atoms with Gasteiger partial charge in [0.15, 0.2) is 0 Å². The number of benzene rings is 1. The van der Waals surface area contributed by atoms with Crippen LogP contribution in [0.5, 0.6) is 0 Å². The maximum atomic E-state index is 12.8. The van der Waals surface area contributed by atoms with Crippen molar-refractivity contribution >= 4 is 0 Å². The smallest absolute Gasteiger partial charge is 0.123 e. The Morgan fingerprint density at radius 2 is 2.00 bits per heavy atom. The lowest BCUT2D eigenvalue weighted by Gasteiger charge is -2.10. The van der Waals surface area contributed by atoms with E-state index in [0.717, 1.165) is 11.3 Å². The van der Waals surface area contributed by atoms with Gasteiger partial charge in [0, 0.05) is 6.42 Å². The Hall–Kier alpha value is -2.08. The lowest BCUT2D eigenvalue weighted by atomic mass is 9.94. The fourth-order valence-corrected chi connectivity index (χ4v) is 1.66. The van der Waals surface area contributed by atoms with Gasteiger partial charge >= 0.3 is 0 Å². The molecule has 3 heteroatoms. The van der Waals surface area contributed by atoms with Crippen molar-refractivity contribution < 1.29 is 8.81 Å². The molecule has 0 aliphatic heterocycles. The van der Waals surface area contributed by atoms with Gasteiger partial charge in [0.1, 0.15) is 11.6 Å². The summed E-state index contributed by atoms with van der Waals surface area (Å²) in [5.41, 5.74) is 0.887. The highest BCUT2D eigenvalue weighted by molar-refractivity contribution is 5.28. The van der Waals surface area contributed by atoms with Crippen LogP contribution in [0.4, 0.5) is 4.39 Å². The van der Waals surface area contributed by atoms with Gasteiger partial charge in [-0.25, -0.2) is 4.39 Å². The Bertz CT molecular complexity index is 482. The molecule has 1 atom stereocenters. The van der Waals surface area contributed by atoms with E-state index in [-0.39, 0.29) is 11.7 Å². The van der Waals surface area contributed by atoms with Crippen LogP contribution in [0.3, 0.4) is 0 Å². The molecule has 0 bridgehead atoms. The van der Waals surface area contributed by atoms with E-state index in [1.54, 1.807) is 24.5 Å². The molecule has 1 aromatic carbocycles. The van der Waals surface area contributed by atoms with Crippen molar-refractivity contribution in [2.75, 3.05) is 0 Å². The van der Waals surface area contributed by atoms with Crippen molar-refractivity contribution in [1.82, 2.24) is 0 Å². The number of hydrogen-bond donors (Lipinski definition) is 0. The molecule has 2 nitrogen and oxygen atoms in total. The molecule has 0 radical (unpaired) electrons. The molecule has 0 fully saturated rings. The molecule has 80 valence electrons. The van der Waals surface area contributed by atoms with Crippen molar-refractivity contribution in [3.8, 4) is 6.07 Å². The minimum atomic E-state index is -0.279. The molecule has 0 aliphatic rings. The first-order chi connectivity index (χ1) is 7.81. The van der Waals surface area contributed by atoms with Crippen LogP contribution in [-0.4, -0.2) is 0 Å². The first-order valence-electron chi connectivity index (χ1n) is 4.97. The second-order valence-corrected chi connectivity index (χ2v) is 3.48. The largest absolute Gasteiger partial charge is 0.469 e. The highest BCUT2D eigenvalue weighted by Crippen LogP contribution is 2.27. The van der Waals surface area contributed by atoms with Crippen molar-refractivity contribution in [3.05, 3.63) is 59.8 Å². The summed E-state index contributed by atoms with van der Waals surface area (Å²) < 4.78 is 18.1. The fraction of sp³-hybridized carbons (Fsp3) is 0.154. The zero-order valence-electron chi connectivity index (χ0n) is 8.56. The summed E-state index contributed by atoms with van der Waals surface area (Å²) in [5.74, 6) is 0.327. The molecule has 2 aromatic rings. The van der Waals surface area contributed by atoms with Gasteiger partial charge in [-0.2, -0.15) is 5.26 Å². The van der Waals surface area contributed by atoms with E-state index in [0.29, 0.717) is 6.42 Å². The van der Waals surface area contributed by atoms with E-state index in [4.69, 9.17) is 9.68 Å². The van der Waals surface area contributed by atoms with Gasteiger partial charge in [-0.05, 0) is 29.8 Å². The number of nitriles is 1. The summed E-state index contributed by atoms with van der Waals surface area (Å²) in [7, 11) is 0. The first-order valence-corrected chi connectivity index (χ1v) is 4.97. The molecule has 0 unspecified atom stereocenters. The summed E-state index contributed by atoms with van der Waals surface area (Å²) in [4.78, 5) is 0. The molecule has 16 heavy (non-hydrogen) atoms. The average Bonchev–Trinajstić information content (AvgIpc) is 2.81. The summed E-state index contributed by atoms with van der Waals surface area (Å²) in [5, 5.41) is 8.79. The highest BCUT2D eigenvalue weighted by atomic mass is 19.1. The molecule has 0 spiro atoms. The van der Waals surface area contributed by atoms with Crippen molar-refractivity contribution in [1.29, 1.82) is 5.26 Å². The Balaban J connectivity index is 2.33. The predicted molar refractivity (Wildman–Crippen MR) is 57.2 cm³/mol. The maximum absolute atomic E-state index is 12.8. The summed E-state index contributed by atoms with van der Waals surface area (Å²) >= 11 is 0. The number of hydrogen-bond acceptors (Lipinski definition) is 2. The monoisotopic (exact) mass is 215 g/mol. The molecule has 1 aromatic heterocycles. The van der Waals surface area contributed by atoms with Crippen molar-refractivity contribution in [2.24, 2.45) is 0 Å². The van der Waals surface area contributed by atoms with Crippen LogP contribution < -0.4 is 0 Å². The summed E-state index contributed by atoms with van der Waals surface area (Å²) in [6.45, 7) is 0. The van der Waals surface area contributed by atoms with Crippen molar-refractivity contribution in [2.45, 2.75) is 12.3 Å². The number of nitrogens with zero attached hydrogens (tertiary/aromatic N) is 1. The van der Waals surface area contributed by atoms with Crippen molar-refractivity contribution in [3.63, 3.8) is 0 Å². The third kappa shape index (κ3) is 2.12. The molecule has 0 saturated carbocycles. The lowest BCUT2D eigenvalue weighted by molar-refractivity contribution is 0.487. The standard InChI is InChI=1S/C13H10FNO/c14-11-5-3-10(4-6-11)12(7-8-15)13-2-1-9-16-13/h1-6,9,12H,7H2/t12-/m1/s1. The first kappa shape index (κ1) is 10.4. The Kier molecular flexibility index (Phi) is 3.02. The van der Waals surface area contributed by atoms with Gasteiger partial charge in [0.05, 0.1) is 18.3 Å². The molecule has 0 saturated heterocycles. The Morgan fingerprint density at radius 3 is 2.56 bits per heavy atom. The third-order valence-corrected chi connectivity index (χ3v) is 2.45. The minimum Gasteiger partial charge on any atom is -0.469 e. The molecule has 1 heterocycles. The maximum Gasteiger partial charge on any atom is 0.123 e. The highest BCUT2D eigenvalue weighted by Gasteiger charge is 2.16. The second kappa shape index (κ2) is 4.63. The Morgan fingerprint density at radius 1 is 1.25 bits per heavy atom. The van der Waals surface area contributed by atoms with Crippen LogP contribution in [0.25, 0.3) is 0 Å². The molecule has 2 rings (SSSR count). The van der Waals surface area contributed by atoms with Crippen LogP contribution >= 0.6 is 0 Å². The number of furan rings is 1. The van der Waals surface area contributed by atoms with E-state index in [2.05, 4.69) is 6.07 Å². The Labute approximate surface area is 92.9 Å². The molecular weight excluding hydrogens is 205 g/mol. The topological polar surface area (TPSA) is 36.9 Å². The quantitative estimate of drug-likeness (QED) is 0.786. The van der Waals surface area contributed by atoms with E-state index in [1.165, 1.54) is 12.1 Å². The second-order valence-electron chi connectivity index (χ2n) is 3.48. The van der Waals surface area contributed by atoms with E-state index in [9.17, 15) is 4.39 Å². The van der Waals surface area contributed by atoms with Gasteiger partial charge in [0.25, 0.3) is 0 Å². The summed E-state index contributed by atoms with van der Waals surface area (Å²) in [6, 6.07) is 11.9. The van der Waals surface area contributed by atoms with Gasteiger partial charge in [-0.15, -0.1) is 0 Å². The van der Waals surface area contributed by atoms with Crippen LogP contribution in [-0.2, 0) is 0 Å². The lowest BCUT2D eigenvalue weighted by Crippen LogP contribution is -1.98. The van der Waals surface area contributed by atoms with E-state index in [1.807, 2.05) is 6.07 Å². The zero-order chi connectivity index (χ0) is 11.4. The molecule has 0 amide bonds. The number of halogens is 1. The van der Waals surface area contributed by atoms with Gasteiger partial charge in [0.2, 0.25) is 0 Å². The fourth-order valence-electron chi connectivity index (χ4n) is 1.66. The van der Waals surface area contributed by atoms with Crippen LogP contribution in [0.1, 0.15) is 23.7 Å². The molecule has 0 aliphatic carbocycles. The van der Waals surface area contributed by atoms with Gasteiger partial charge in [-0.3, -0.25) is 0 Å².